The topological polar surface area (TPSA) is 41.8 Å². The van der Waals surface area contributed by atoms with Crippen LogP contribution in [0.2, 0.25) is 0 Å². The van der Waals surface area contributed by atoms with Gasteiger partial charge in [-0.3, -0.25) is 0 Å². The van der Waals surface area contributed by atoms with Crippen LogP contribution in [0.5, 0.6) is 11.5 Å². The predicted molar refractivity (Wildman–Crippen MR) is 352 cm³/mol. The van der Waals surface area contributed by atoms with Gasteiger partial charge >= 0.3 is 456 Å². The standard InChI is InChI=1S/C76H49N5OS2.Pt/c1-76(2,3)47-39-40-77-72(41-47)81-64-30-11-6-23-54(64)55-38-37-51(45-67(55)81)82-50-20-16-19-48(42-50)78-46-79(66-32-13-12-31-65(66)78)75-60(56-26-17-35-70-73(56)58-24-7-14-33-68(58)83-70)43-49(80-62-28-9-4-21-52(62)53-22-5-10-29-63(53)80)44-61(75)57-27-18-36-71-74(57)59-25-8-15-34-69(59)84-71;/h4-41,43-44H,1-3H3;/q-2;. The van der Waals surface area contributed by atoms with Gasteiger partial charge in [0.05, 0.1) is 0 Å². The van der Waals surface area contributed by atoms with Crippen molar-refractivity contribution in [2.45, 2.75) is 26.2 Å². The van der Waals surface area contributed by atoms with Crippen molar-refractivity contribution in [1.82, 2.24) is 23.3 Å². The number of fused-ring (bicyclic) bond motifs is 13. The van der Waals surface area contributed by atoms with Crippen molar-refractivity contribution in [3.05, 3.63) is 264 Å². The van der Waals surface area contributed by atoms with Gasteiger partial charge in [-0.1, -0.05) is 32.9 Å². The van der Waals surface area contributed by atoms with E-state index >= 15 is 0 Å². The Labute approximate surface area is 508 Å². The summed E-state index contributed by atoms with van der Waals surface area (Å²) in [6.07, 6.45) is 1.91. The van der Waals surface area contributed by atoms with Gasteiger partial charge in [0.15, 0.2) is 0 Å². The summed E-state index contributed by atoms with van der Waals surface area (Å²) >= 11 is 6.28. The Hall–Kier alpha value is -9.43. The molecule has 0 aliphatic heterocycles. The third-order valence-electron chi connectivity index (χ3n) is 16.9. The summed E-state index contributed by atoms with van der Waals surface area (Å²) in [6, 6.07) is 93.5. The first-order valence-corrected chi connectivity index (χ1v) is 31.3. The van der Waals surface area contributed by atoms with Crippen molar-refractivity contribution in [3.8, 4) is 56.6 Å². The number of aromatic nitrogens is 5. The predicted octanol–water partition coefficient (Wildman–Crippen LogP) is 20.8. The van der Waals surface area contributed by atoms with Crippen LogP contribution in [0.4, 0.5) is 0 Å². The Balaban J connectivity index is 0.921. The summed E-state index contributed by atoms with van der Waals surface area (Å²) in [4.78, 5) is 4.93. The van der Waals surface area contributed by atoms with Crippen LogP contribution < -0.4 is 4.74 Å². The van der Waals surface area contributed by atoms with Crippen LogP contribution in [0.3, 0.4) is 0 Å². The minimum absolute atomic E-state index is 0.0524. The summed E-state index contributed by atoms with van der Waals surface area (Å²) in [7, 11) is 0. The zero-order valence-electron chi connectivity index (χ0n) is 46.4. The SMILES string of the molecule is CC(C)(C)c1ccnc(-n2c3[c-]c(Oc4[c-]c(-n5[c](=[Pt])n(-c6c(-c7cccc8sc9ccccc9c78)cc(-n7c8ccccc8c8ccccc87)cc6-c6cccc7sc8ccccc8c67)c6ccccc65)ccc4)ccc3c3ccccc32)c1. The molecule has 0 amide bonds. The molecule has 0 bridgehead atoms. The normalized spacial score (nSPS) is 12.2. The summed E-state index contributed by atoms with van der Waals surface area (Å²) < 4.78 is 22.4. The van der Waals surface area contributed by atoms with Crippen molar-refractivity contribution in [3.63, 3.8) is 0 Å². The molecule has 6 nitrogen and oxygen atoms in total. The zero-order valence-corrected chi connectivity index (χ0v) is 50.3. The van der Waals surface area contributed by atoms with Gasteiger partial charge in [0.25, 0.3) is 0 Å². The molecule has 9 heteroatoms. The van der Waals surface area contributed by atoms with Crippen LogP contribution in [0, 0.1) is 15.9 Å². The molecular weight excluding hydrogens is 1260 g/mol. The number of thiophene rings is 2. The number of nitrogens with zero attached hydrogens (tertiary/aromatic N) is 5. The van der Waals surface area contributed by atoms with Crippen molar-refractivity contribution >= 4 is 118 Å². The molecule has 0 unspecified atom stereocenters. The van der Waals surface area contributed by atoms with Gasteiger partial charge in [-0.05, 0) is 17.0 Å². The molecule has 0 aliphatic rings. The first-order chi connectivity index (χ1) is 41.7. The van der Waals surface area contributed by atoms with Gasteiger partial charge in [0.2, 0.25) is 0 Å². The fourth-order valence-corrected chi connectivity index (χ4v) is 16.4. The second-order valence-corrected chi connectivity index (χ2v) is 26.0. The Kier molecular flexibility index (Phi) is 11.4. The Bertz CT molecular complexity index is 5500. The van der Waals surface area contributed by atoms with Crippen LogP contribution in [0.25, 0.3) is 140 Å². The van der Waals surface area contributed by atoms with Crippen molar-refractivity contribution in [2.75, 3.05) is 0 Å². The second-order valence-electron chi connectivity index (χ2n) is 22.8. The average molecular weight is 1310 g/mol. The number of benzene rings is 11. The van der Waals surface area contributed by atoms with Crippen LogP contribution in [0.1, 0.15) is 26.3 Å². The maximum atomic E-state index is 6.89. The molecule has 0 aliphatic carbocycles. The van der Waals surface area contributed by atoms with Gasteiger partial charge in [-0.2, -0.15) is 0 Å². The Morgan fingerprint density at radius 2 is 0.906 bits per heavy atom. The molecule has 0 saturated carbocycles. The summed E-state index contributed by atoms with van der Waals surface area (Å²) in [5.74, 6) is 2.01. The van der Waals surface area contributed by atoms with E-state index in [0.29, 0.717) is 11.5 Å². The fourth-order valence-electron chi connectivity index (χ4n) is 13.1. The fraction of sp³-hybridized carbons (Fsp3) is 0.0526. The van der Waals surface area contributed by atoms with Gasteiger partial charge in [0, 0.05) is 6.20 Å². The van der Waals surface area contributed by atoms with Gasteiger partial charge in [-0.15, -0.1) is 0 Å². The second kappa shape index (κ2) is 19.3. The molecule has 85 heavy (non-hydrogen) atoms. The molecular formula is C76H49N5OPtS2-2. The molecule has 408 valence electrons. The Morgan fingerprint density at radius 1 is 0.412 bits per heavy atom. The quantitative estimate of drug-likeness (QED) is 0.142. The molecule has 0 fully saturated rings. The van der Waals surface area contributed by atoms with E-state index in [4.69, 9.17) is 9.72 Å². The average Bonchev–Trinajstić information content (AvgIpc) is 1.78. The van der Waals surface area contributed by atoms with Gasteiger partial charge < -0.3 is 0 Å². The number of hydrogen-bond acceptors (Lipinski definition) is 4. The van der Waals surface area contributed by atoms with Crippen molar-refractivity contribution in [2.24, 2.45) is 0 Å². The summed E-state index contributed by atoms with van der Waals surface area (Å²) in [6.45, 7) is 6.71. The van der Waals surface area contributed by atoms with E-state index in [0.717, 1.165) is 81.7 Å². The zero-order chi connectivity index (χ0) is 56.7. The number of para-hydroxylation sites is 5. The third kappa shape index (κ3) is 7.86. The van der Waals surface area contributed by atoms with Crippen molar-refractivity contribution in [1.29, 1.82) is 0 Å². The van der Waals surface area contributed by atoms with Crippen LogP contribution in [-0.2, 0) is 24.8 Å². The number of pyridine rings is 1. The maximum absolute atomic E-state index is 6.89. The van der Waals surface area contributed by atoms with E-state index in [2.05, 4.69) is 295 Å². The van der Waals surface area contributed by atoms with E-state index in [9.17, 15) is 0 Å². The summed E-state index contributed by atoms with van der Waals surface area (Å²) in [5, 5.41) is 9.64. The molecule has 6 heterocycles. The molecule has 0 radical (unpaired) electrons. The van der Waals surface area contributed by atoms with Gasteiger partial charge in [0.1, 0.15) is 0 Å². The van der Waals surface area contributed by atoms with Crippen LogP contribution in [-0.4, -0.2) is 23.3 Å². The van der Waals surface area contributed by atoms with E-state index in [-0.39, 0.29) is 5.41 Å². The minimum atomic E-state index is -0.0524. The monoisotopic (exact) mass is 1310 g/mol. The number of imidazole rings is 1. The molecule has 17 rings (SSSR count). The Morgan fingerprint density at radius 3 is 1.51 bits per heavy atom. The number of hydrogen-bond donors (Lipinski definition) is 0. The van der Waals surface area contributed by atoms with E-state index in [1.54, 1.807) is 0 Å². The molecule has 6 aromatic heterocycles. The number of rotatable bonds is 8. The van der Waals surface area contributed by atoms with Gasteiger partial charge in [-0.25, -0.2) is 0 Å². The number of ether oxygens (including phenoxy) is 1. The molecule has 11 aromatic carbocycles. The molecule has 0 spiro atoms. The first kappa shape index (κ1) is 50.1. The van der Waals surface area contributed by atoms with Crippen LogP contribution in [0.15, 0.2) is 243 Å². The summed E-state index contributed by atoms with van der Waals surface area (Å²) in [5.41, 5.74) is 15.1. The van der Waals surface area contributed by atoms with E-state index < -0.39 is 0 Å². The van der Waals surface area contributed by atoms with Crippen LogP contribution >= 0.6 is 22.7 Å². The molecule has 0 saturated heterocycles. The first-order valence-electron chi connectivity index (χ1n) is 28.5. The van der Waals surface area contributed by atoms with E-state index in [1.807, 2.05) is 41.0 Å². The molecule has 0 N–H and O–H groups in total. The molecule has 17 aromatic rings. The third-order valence-corrected chi connectivity index (χ3v) is 20.1. The van der Waals surface area contributed by atoms with Crippen molar-refractivity contribution < 1.29 is 24.1 Å². The van der Waals surface area contributed by atoms with E-state index in [1.165, 1.54) is 67.8 Å². The molecule has 0 atom stereocenters.